The lowest BCUT2D eigenvalue weighted by Crippen LogP contribution is -2.42. The Morgan fingerprint density at radius 1 is 1.25 bits per heavy atom. The molecule has 0 radical (unpaired) electrons. The van der Waals surface area contributed by atoms with E-state index in [1.807, 2.05) is 0 Å². The van der Waals surface area contributed by atoms with Crippen LogP contribution in [0.25, 0.3) is 0 Å². The minimum atomic E-state index is 0.575. The van der Waals surface area contributed by atoms with E-state index < -0.39 is 0 Å². The van der Waals surface area contributed by atoms with Crippen LogP contribution in [0.5, 0.6) is 0 Å². The first-order valence-electron chi connectivity index (χ1n) is 8.19. The summed E-state index contributed by atoms with van der Waals surface area (Å²) in [7, 11) is 0. The molecule has 0 spiro atoms. The molecule has 1 aromatic heterocycles. The van der Waals surface area contributed by atoms with Crippen LogP contribution in [0.2, 0.25) is 0 Å². The third-order valence-corrected chi connectivity index (χ3v) is 4.96. The van der Waals surface area contributed by atoms with E-state index in [0.717, 1.165) is 36.0 Å². The topological polar surface area (TPSA) is 51.0 Å². The van der Waals surface area contributed by atoms with Gasteiger partial charge in [0.2, 0.25) is 5.89 Å². The van der Waals surface area contributed by atoms with Gasteiger partial charge in [-0.1, -0.05) is 32.3 Å². The van der Waals surface area contributed by atoms with Crippen molar-refractivity contribution in [2.75, 3.05) is 0 Å². The fourth-order valence-electron chi connectivity index (χ4n) is 3.50. The highest BCUT2D eigenvalue weighted by atomic mass is 16.5. The van der Waals surface area contributed by atoms with Gasteiger partial charge in [-0.15, -0.1) is 0 Å². The Bertz CT molecular complexity index is 439. The van der Waals surface area contributed by atoms with Gasteiger partial charge in [-0.05, 0) is 43.4 Å². The molecule has 112 valence electrons. The summed E-state index contributed by atoms with van der Waals surface area (Å²) in [6, 6.07) is 0.593. The van der Waals surface area contributed by atoms with Crippen LogP contribution in [-0.4, -0.2) is 16.2 Å². The SMILES string of the molecule is CC(C)[C@@H]1CC[C@@H](C)C[C@H]1NCc1nc(C2CC2)no1. The van der Waals surface area contributed by atoms with E-state index in [0.29, 0.717) is 12.0 Å². The predicted molar refractivity (Wildman–Crippen MR) is 78.2 cm³/mol. The summed E-state index contributed by atoms with van der Waals surface area (Å²) in [6.45, 7) is 7.77. The van der Waals surface area contributed by atoms with E-state index in [2.05, 4.69) is 36.2 Å². The molecule has 0 aliphatic heterocycles. The van der Waals surface area contributed by atoms with Crippen molar-refractivity contribution in [2.45, 2.75) is 71.4 Å². The quantitative estimate of drug-likeness (QED) is 0.895. The number of nitrogens with one attached hydrogen (secondary N) is 1. The summed E-state index contributed by atoms with van der Waals surface area (Å²) in [5, 5.41) is 7.76. The minimum Gasteiger partial charge on any atom is -0.338 e. The van der Waals surface area contributed by atoms with Gasteiger partial charge >= 0.3 is 0 Å². The maximum absolute atomic E-state index is 5.36. The fourth-order valence-corrected chi connectivity index (χ4v) is 3.50. The van der Waals surface area contributed by atoms with Gasteiger partial charge in [-0.25, -0.2) is 0 Å². The zero-order valence-corrected chi connectivity index (χ0v) is 12.9. The molecule has 0 bridgehead atoms. The molecule has 4 heteroatoms. The Kier molecular flexibility index (Phi) is 4.11. The van der Waals surface area contributed by atoms with Crippen molar-refractivity contribution in [3.8, 4) is 0 Å². The lowest BCUT2D eigenvalue weighted by Gasteiger charge is -2.37. The standard InChI is InChI=1S/C16H27N3O/c1-10(2)13-7-4-11(3)8-14(13)17-9-15-18-16(19-20-15)12-5-6-12/h10-14,17H,4-9H2,1-3H3/t11-,13+,14-/m1/s1. The van der Waals surface area contributed by atoms with Crippen LogP contribution in [-0.2, 0) is 6.54 Å². The van der Waals surface area contributed by atoms with Crippen molar-refractivity contribution in [1.29, 1.82) is 0 Å². The highest BCUT2D eigenvalue weighted by Gasteiger charge is 2.31. The number of rotatable bonds is 5. The molecular formula is C16H27N3O. The normalized spacial score (nSPS) is 30.9. The first-order chi connectivity index (χ1) is 9.63. The van der Waals surface area contributed by atoms with E-state index in [9.17, 15) is 0 Å². The lowest BCUT2D eigenvalue weighted by molar-refractivity contribution is 0.165. The van der Waals surface area contributed by atoms with Crippen molar-refractivity contribution in [1.82, 2.24) is 15.5 Å². The molecule has 1 aromatic rings. The maximum atomic E-state index is 5.36. The van der Waals surface area contributed by atoms with Crippen molar-refractivity contribution in [2.24, 2.45) is 17.8 Å². The average molecular weight is 277 g/mol. The van der Waals surface area contributed by atoms with E-state index in [1.165, 1.54) is 32.1 Å². The Hall–Kier alpha value is -0.900. The van der Waals surface area contributed by atoms with Gasteiger partial charge < -0.3 is 9.84 Å². The molecule has 0 saturated heterocycles. The second-order valence-corrected chi connectivity index (χ2v) is 7.13. The molecule has 3 rings (SSSR count). The van der Waals surface area contributed by atoms with Gasteiger partial charge in [0.05, 0.1) is 6.54 Å². The Morgan fingerprint density at radius 2 is 2.05 bits per heavy atom. The zero-order valence-electron chi connectivity index (χ0n) is 12.9. The molecule has 0 unspecified atom stereocenters. The molecule has 4 nitrogen and oxygen atoms in total. The lowest BCUT2D eigenvalue weighted by atomic mass is 9.74. The first kappa shape index (κ1) is 14.1. The second-order valence-electron chi connectivity index (χ2n) is 7.13. The smallest absolute Gasteiger partial charge is 0.240 e. The fraction of sp³-hybridized carbons (Fsp3) is 0.875. The second kappa shape index (κ2) is 5.84. The predicted octanol–water partition coefficient (Wildman–Crippen LogP) is 3.50. The van der Waals surface area contributed by atoms with E-state index >= 15 is 0 Å². The molecule has 0 aromatic carbocycles. The number of aromatic nitrogens is 2. The summed E-state index contributed by atoms with van der Waals surface area (Å²) in [6.07, 6.45) is 6.43. The number of hydrogen-bond donors (Lipinski definition) is 1. The molecule has 2 fully saturated rings. The van der Waals surface area contributed by atoms with Gasteiger partial charge in [0.25, 0.3) is 0 Å². The van der Waals surface area contributed by atoms with Crippen LogP contribution in [0.1, 0.15) is 70.5 Å². The summed E-state index contributed by atoms with van der Waals surface area (Å²) in [5.74, 6) is 4.59. The van der Waals surface area contributed by atoms with Gasteiger partial charge in [-0.3, -0.25) is 0 Å². The monoisotopic (exact) mass is 277 g/mol. The molecule has 3 atom stereocenters. The summed E-state index contributed by atoms with van der Waals surface area (Å²) in [4.78, 5) is 4.51. The molecular weight excluding hydrogens is 250 g/mol. The van der Waals surface area contributed by atoms with Gasteiger partial charge in [0.15, 0.2) is 5.82 Å². The number of hydrogen-bond acceptors (Lipinski definition) is 4. The number of nitrogens with zero attached hydrogens (tertiary/aromatic N) is 2. The summed E-state index contributed by atoms with van der Waals surface area (Å²) in [5.41, 5.74) is 0. The van der Waals surface area contributed by atoms with Crippen molar-refractivity contribution < 1.29 is 4.52 Å². The van der Waals surface area contributed by atoms with Crippen LogP contribution in [0.4, 0.5) is 0 Å². The first-order valence-corrected chi connectivity index (χ1v) is 8.19. The Balaban J connectivity index is 1.56. The molecule has 20 heavy (non-hydrogen) atoms. The Morgan fingerprint density at radius 3 is 2.75 bits per heavy atom. The highest BCUT2D eigenvalue weighted by Crippen LogP contribution is 2.38. The third kappa shape index (κ3) is 3.22. The van der Waals surface area contributed by atoms with Crippen LogP contribution in [0, 0.1) is 17.8 Å². The molecule has 2 aliphatic rings. The molecule has 1 N–H and O–H groups in total. The van der Waals surface area contributed by atoms with Crippen LogP contribution in [0.3, 0.4) is 0 Å². The van der Waals surface area contributed by atoms with Gasteiger partial charge in [-0.2, -0.15) is 4.98 Å². The van der Waals surface area contributed by atoms with Crippen molar-refractivity contribution in [3.05, 3.63) is 11.7 Å². The van der Waals surface area contributed by atoms with E-state index in [-0.39, 0.29) is 0 Å². The van der Waals surface area contributed by atoms with Gasteiger partial charge in [0.1, 0.15) is 0 Å². The summed E-state index contributed by atoms with van der Waals surface area (Å²) < 4.78 is 5.36. The van der Waals surface area contributed by atoms with Crippen LogP contribution < -0.4 is 5.32 Å². The van der Waals surface area contributed by atoms with E-state index in [4.69, 9.17) is 4.52 Å². The Labute approximate surface area is 121 Å². The maximum Gasteiger partial charge on any atom is 0.240 e. The molecule has 2 saturated carbocycles. The minimum absolute atomic E-state index is 0.575. The van der Waals surface area contributed by atoms with Gasteiger partial charge in [0, 0.05) is 12.0 Å². The highest BCUT2D eigenvalue weighted by molar-refractivity contribution is 5.03. The average Bonchev–Trinajstić information content (AvgIpc) is 3.15. The zero-order chi connectivity index (χ0) is 14.1. The summed E-state index contributed by atoms with van der Waals surface area (Å²) >= 11 is 0. The molecule has 1 heterocycles. The van der Waals surface area contributed by atoms with Crippen LogP contribution in [0.15, 0.2) is 4.52 Å². The van der Waals surface area contributed by atoms with Crippen molar-refractivity contribution in [3.63, 3.8) is 0 Å². The molecule has 0 amide bonds. The van der Waals surface area contributed by atoms with E-state index in [1.54, 1.807) is 0 Å². The van der Waals surface area contributed by atoms with Crippen molar-refractivity contribution >= 4 is 0 Å². The third-order valence-electron chi connectivity index (χ3n) is 4.96. The molecule has 2 aliphatic carbocycles. The van der Waals surface area contributed by atoms with Crippen LogP contribution >= 0.6 is 0 Å². The largest absolute Gasteiger partial charge is 0.338 e.